The van der Waals surface area contributed by atoms with Gasteiger partial charge in [0, 0.05) is 6.54 Å². The van der Waals surface area contributed by atoms with Crippen LogP contribution < -0.4 is 10.5 Å². The second-order valence-corrected chi connectivity index (χ2v) is 6.88. The number of anilines is 1. The zero-order chi connectivity index (χ0) is 15.6. The molecule has 0 heterocycles. The molecule has 112 valence electrons. The Morgan fingerprint density at radius 2 is 1.71 bits per heavy atom. The minimum Gasteiger partial charge on any atom is -0.326 e. The van der Waals surface area contributed by atoms with Gasteiger partial charge in [-0.25, -0.2) is 8.42 Å². The van der Waals surface area contributed by atoms with E-state index < -0.39 is 10.0 Å². The van der Waals surface area contributed by atoms with Crippen molar-refractivity contribution in [3.05, 3.63) is 58.7 Å². The van der Waals surface area contributed by atoms with E-state index in [2.05, 4.69) is 4.72 Å². The van der Waals surface area contributed by atoms with Gasteiger partial charge in [0.2, 0.25) is 0 Å². The quantitative estimate of drug-likeness (QED) is 0.912. The first kappa shape index (κ1) is 15.5. The van der Waals surface area contributed by atoms with Gasteiger partial charge in [-0.1, -0.05) is 24.3 Å². The largest absolute Gasteiger partial charge is 0.326 e. The summed E-state index contributed by atoms with van der Waals surface area (Å²) < 4.78 is 27.7. The van der Waals surface area contributed by atoms with Crippen molar-refractivity contribution in [3.8, 4) is 0 Å². The van der Waals surface area contributed by atoms with E-state index in [0.29, 0.717) is 17.8 Å². The molecule has 0 aromatic heterocycles. The number of nitrogens with one attached hydrogen (secondary N) is 1. The fourth-order valence-electron chi connectivity index (χ4n) is 2.19. The van der Waals surface area contributed by atoms with Crippen LogP contribution >= 0.6 is 0 Å². The summed E-state index contributed by atoms with van der Waals surface area (Å²) in [5, 5.41) is 0. The van der Waals surface area contributed by atoms with Gasteiger partial charge in [-0.15, -0.1) is 0 Å². The molecular formula is C16H20N2O2S. The van der Waals surface area contributed by atoms with Crippen LogP contribution in [0.25, 0.3) is 0 Å². The summed E-state index contributed by atoms with van der Waals surface area (Å²) in [7, 11) is -3.60. The number of benzene rings is 2. The van der Waals surface area contributed by atoms with Gasteiger partial charge in [-0.05, 0) is 55.2 Å². The Morgan fingerprint density at radius 3 is 2.33 bits per heavy atom. The lowest BCUT2D eigenvalue weighted by atomic mass is 10.1. The smallest absolute Gasteiger partial charge is 0.262 e. The lowest BCUT2D eigenvalue weighted by Crippen LogP contribution is -2.15. The second-order valence-electron chi connectivity index (χ2n) is 5.23. The third-order valence-electron chi connectivity index (χ3n) is 3.40. The fraction of sp³-hybridized carbons (Fsp3) is 0.250. The summed E-state index contributed by atoms with van der Waals surface area (Å²) in [6, 6.07) is 10.8. The fourth-order valence-corrected chi connectivity index (χ4v) is 3.53. The second kappa shape index (κ2) is 5.87. The van der Waals surface area contributed by atoms with Crippen LogP contribution in [0, 0.1) is 20.8 Å². The van der Waals surface area contributed by atoms with Crippen molar-refractivity contribution >= 4 is 15.7 Å². The standard InChI is InChI=1S/C16H20N2O2S/c1-11-4-5-12(2)15(8-11)18-21(19,20)16-7-6-14(10-17)9-13(16)3/h4-9,18H,10,17H2,1-3H3. The normalized spacial score (nSPS) is 11.4. The summed E-state index contributed by atoms with van der Waals surface area (Å²) in [6.45, 7) is 5.97. The van der Waals surface area contributed by atoms with Crippen LogP contribution in [-0.2, 0) is 16.6 Å². The van der Waals surface area contributed by atoms with Gasteiger partial charge in [0.05, 0.1) is 10.6 Å². The molecule has 0 aliphatic heterocycles. The van der Waals surface area contributed by atoms with Crippen LogP contribution in [0.5, 0.6) is 0 Å². The van der Waals surface area contributed by atoms with Crippen molar-refractivity contribution in [1.29, 1.82) is 0 Å². The van der Waals surface area contributed by atoms with Crippen LogP contribution in [0.15, 0.2) is 41.3 Å². The van der Waals surface area contributed by atoms with E-state index in [-0.39, 0.29) is 4.90 Å². The molecule has 0 spiro atoms. The van der Waals surface area contributed by atoms with Crippen LogP contribution in [0.2, 0.25) is 0 Å². The molecule has 0 bridgehead atoms. The average molecular weight is 304 g/mol. The van der Waals surface area contributed by atoms with Crippen molar-refractivity contribution < 1.29 is 8.42 Å². The minimum atomic E-state index is -3.60. The summed E-state index contributed by atoms with van der Waals surface area (Å²) >= 11 is 0. The average Bonchev–Trinajstić information content (AvgIpc) is 2.42. The molecule has 2 aromatic rings. The highest BCUT2D eigenvalue weighted by atomic mass is 32.2. The Bertz CT molecular complexity index is 768. The third kappa shape index (κ3) is 3.43. The van der Waals surface area contributed by atoms with Crippen molar-refractivity contribution in [3.63, 3.8) is 0 Å². The Hall–Kier alpha value is -1.85. The first-order chi connectivity index (χ1) is 9.83. The molecule has 0 atom stereocenters. The predicted octanol–water partition coefficient (Wildman–Crippen LogP) is 2.87. The van der Waals surface area contributed by atoms with Crippen LogP contribution in [-0.4, -0.2) is 8.42 Å². The molecule has 0 unspecified atom stereocenters. The molecule has 0 radical (unpaired) electrons. The maximum absolute atomic E-state index is 12.5. The molecule has 4 nitrogen and oxygen atoms in total. The molecule has 3 N–H and O–H groups in total. The Kier molecular flexibility index (Phi) is 4.34. The molecular weight excluding hydrogens is 284 g/mol. The molecule has 0 amide bonds. The molecule has 2 aromatic carbocycles. The number of aryl methyl sites for hydroxylation is 3. The zero-order valence-corrected chi connectivity index (χ0v) is 13.3. The summed E-state index contributed by atoms with van der Waals surface area (Å²) in [4.78, 5) is 0.278. The highest BCUT2D eigenvalue weighted by Gasteiger charge is 2.18. The lowest BCUT2D eigenvalue weighted by molar-refractivity contribution is 0.600. The summed E-state index contributed by atoms with van der Waals surface area (Å²) in [5.74, 6) is 0. The first-order valence-electron chi connectivity index (χ1n) is 6.73. The van der Waals surface area contributed by atoms with E-state index in [9.17, 15) is 8.42 Å². The van der Waals surface area contributed by atoms with E-state index in [1.807, 2.05) is 32.0 Å². The third-order valence-corrected chi connectivity index (χ3v) is 4.93. The summed E-state index contributed by atoms with van der Waals surface area (Å²) in [6.07, 6.45) is 0. The van der Waals surface area contributed by atoms with Crippen LogP contribution in [0.4, 0.5) is 5.69 Å². The number of hydrogen-bond donors (Lipinski definition) is 2. The van der Waals surface area contributed by atoms with Crippen molar-refractivity contribution in [1.82, 2.24) is 0 Å². The Balaban J connectivity index is 2.41. The van der Waals surface area contributed by atoms with Gasteiger partial charge in [-0.3, -0.25) is 4.72 Å². The molecule has 0 saturated carbocycles. The van der Waals surface area contributed by atoms with Gasteiger partial charge in [-0.2, -0.15) is 0 Å². The van der Waals surface area contributed by atoms with E-state index in [1.54, 1.807) is 25.1 Å². The molecule has 0 fully saturated rings. The van der Waals surface area contributed by atoms with E-state index >= 15 is 0 Å². The van der Waals surface area contributed by atoms with Crippen molar-refractivity contribution in [2.24, 2.45) is 5.73 Å². The highest BCUT2D eigenvalue weighted by Crippen LogP contribution is 2.23. The Morgan fingerprint density at radius 1 is 1.00 bits per heavy atom. The van der Waals surface area contributed by atoms with Crippen LogP contribution in [0.1, 0.15) is 22.3 Å². The molecule has 0 aliphatic rings. The minimum absolute atomic E-state index is 0.278. The number of nitrogens with two attached hydrogens (primary N) is 1. The molecule has 2 rings (SSSR count). The number of hydrogen-bond acceptors (Lipinski definition) is 3. The number of rotatable bonds is 4. The van der Waals surface area contributed by atoms with Gasteiger partial charge < -0.3 is 5.73 Å². The molecule has 0 aliphatic carbocycles. The number of sulfonamides is 1. The van der Waals surface area contributed by atoms with E-state index in [1.165, 1.54) is 0 Å². The molecule has 5 heteroatoms. The van der Waals surface area contributed by atoms with Crippen molar-refractivity contribution in [2.75, 3.05) is 4.72 Å². The highest BCUT2D eigenvalue weighted by molar-refractivity contribution is 7.92. The lowest BCUT2D eigenvalue weighted by Gasteiger charge is -2.13. The van der Waals surface area contributed by atoms with E-state index in [4.69, 9.17) is 5.73 Å². The zero-order valence-electron chi connectivity index (χ0n) is 12.5. The topological polar surface area (TPSA) is 72.2 Å². The van der Waals surface area contributed by atoms with Gasteiger partial charge >= 0.3 is 0 Å². The predicted molar refractivity (Wildman–Crippen MR) is 85.8 cm³/mol. The van der Waals surface area contributed by atoms with Gasteiger partial charge in [0.1, 0.15) is 0 Å². The molecule has 0 saturated heterocycles. The maximum Gasteiger partial charge on any atom is 0.262 e. The first-order valence-corrected chi connectivity index (χ1v) is 8.21. The van der Waals surface area contributed by atoms with E-state index in [0.717, 1.165) is 16.7 Å². The van der Waals surface area contributed by atoms with Gasteiger partial charge in [0.25, 0.3) is 10.0 Å². The SMILES string of the molecule is Cc1ccc(C)c(NS(=O)(=O)c2ccc(CN)cc2C)c1. The van der Waals surface area contributed by atoms with Gasteiger partial charge in [0.15, 0.2) is 0 Å². The van der Waals surface area contributed by atoms with Crippen molar-refractivity contribution in [2.45, 2.75) is 32.2 Å². The monoisotopic (exact) mass is 304 g/mol. The molecule has 21 heavy (non-hydrogen) atoms. The van der Waals surface area contributed by atoms with Crippen LogP contribution in [0.3, 0.4) is 0 Å². The Labute approximate surface area is 126 Å². The maximum atomic E-state index is 12.5. The summed E-state index contributed by atoms with van der Waals surface area (Å²) in [5.41, 5.74) is 9.68.